The highest BCUT2D eigenvalue weighted by molar-refractivity contribution is 8.14. The lowest BCUT2D eigenvalue weighted by Crippen LogP contribution is -2.28. The van der Waals surface area contributed by atoms with Crippen molar-refractivity contribution < 1.29 is 9.59 Å². The Balaban J connectivity index is 1.51. The normalized spacial score (nSPS) is 18.0. The molecule has 2 aromatic rings. The lowest BCUT2D eigenvalue weighted by Gasteiger charge is -2.14. The average Bonchev–Trinajstić information content (AvgIpc) is 3.03. The van der Waals surface area contributed by atoms with Gasteiger partial charge < -0.3 is 0 Å². The predicted molar refractivity (Wildman–Crippen MR) is 94.0 cm³/mol. The summed E-state index contributed by atoms with van der Waals surface area (Å²) < 4.78 is 0. The van der Waals surface area contributed by atoms with Gasteiger partial charge in [0.1, 0.15) is 0 Å². The van der Waals surface area contributed by atoms with Crippen LogP contribution >= 0.6 is 11.8 Å². The number of carbonyl (C=O) groups is 2. The molecule has 1 atom stereocenters. The summed E-state index contributed by atoms with van der Waals surface area (Å²) in [7, 11) is 0. The van der Waals surface area contributed by atoms with E-state index in [1.54, 1.807) is 0 Å². The highest BCUT2D eigenvalue weighted by Crippen LogP contribution is 2.26. The van der Waals surface area contributed by atoms with E-state index >= 15 is 0 Å². The number of nitrogens with zero attached hydrogens (tertiary/aromatic N) is 1. The van der Waals surface area contributed by atoms with Gasteiger partial charge in [0, 0.05) is 22.9 Å². The molecule has 4 heteroatoms. The zero-order valence-electron chi connectivity index (χ0n) is 12.9. The first-order valence-corrected chi connectivity index (χ1v) is 8.67. The van der Waals surface area contributed by atoms with Crippen molar-refractivity contribution in [3.05, 3.63) is 71.8 Å². The number of ketones is 1. The van der Waals surface area contributed by atoms with Gasteiger partial charge in [-0.1, -0.05) is 72.4 Å². The van der Waals surface area contributed by atoms with E-state index in [9.17, 15) is 9.59 Å². The van der Waals surface area contributed by atoms with E-state index in [1.165, 1.54) is 11.8 Å². The average molecular weight is 325 g/mol. The maximum atomic E-state index is 12.2. The lowest BCUT2D eigenvalue weighted by atomic mass is 10.1. The Labute approximate surface area is 140 Å². The Bertz CT molecular complexity index is 613. The molecule has 1 saturated heterocycles. The Morgan fingerprint density at radius 2 is 1.57 bits per heavy atom. The first kappa shape index (κ1) is 16.0. The molecule has 0 spiro atoms. The number of Topliss-reactive ketones (excluding diaryl/α,β-unsaturated/α-hetero) is 1. The molecule has 3 rings (SSSR count). The molecule has 0 aliphatic carbocycles. The van der Waals surface area contributed by atoms with E-state index in [0.29, 0.717) is 6.54 Å². The number of likely N-dealkylation sites (tertiary alicyclic amines) is 1. The fourth-order valence-corrected chi connectivity index (χ4v) is 3.83. The molecule has 1 aliphatic heterocycles. The number of thioether (sulfide) groups is 1. The predicted octanol–water partition coefficient (Wildman–Crippen LogP) is 3.52. The van der Waals surface area contributed by atoms with Crippen molar-refractivity contribution in [1.29, 1.82) is 0 Å². The molecule has 0 saturated carbocycles. The van der Waals surface area contributed by atoms with E-state index < -0.39 is 0 Å². The van der Waals surface area contributed by atoms with Gasteiger partial charge in [-0.05, 0) is 13.0 Å². The third-order valence-electron chi connectivity index (χ3n) is 3.98. The maximum Gasteiger partial charge on any atom is 0.219 e. The van der Waals surface area contributed by atoms with Crippen LogP contribution in [0.4, 0.5) is 0 Å². The molecule has 0 N–H and O–H groups in total. The third kappa shape index (κ3) is 4.30. The van der Waals surface area contributed by atoms with Crippen LogP contribution in [0.15, 0.2) is 60.7 Å². The molecule has 2 aromatic carbocycles. The summed E-state index contributed by atoms with van der Waals surface area (Å²) in [4.78, 5) is 26.6. The van der Waals surface area contributed by atoms with Gasteiger partial charge >= 0.3 is 0 Å². The largest absolute Gasteiger partial charge is 0.295 e. The number of carbonyl (C=O) groups excluding carboxylic acids is 2. The second-order valence-electron chi connectivity index (χ2n) is 5.71. The summed E-state index contributed by atoms with van der Waals surface area (Å²) in [6.45, 7) is 2.10. The second kappa shape index (κ2) is 7.57. The monoisotopic (exact) mass is 325 g/mol. The summed E-state index contributed by atoms with van der Waals surface area (Å²) in [5.74, 6) is 0.144. The molecular formula is C19H19NO2S. The van der Waals surface area contributed by atoms with Crippen LogP contribution in [-0.2, 0) is 0 Å². The van der Waals surface area contributed by atoms with Gasteiger partial charge in [-0.25, -0.2) is 0 Å². The van der Waals surface area contributed by atoms with Crippen LogP contribution in [0.3, 0.4) is 0 Å². The van der Waals surface area contributed by atoms with E-state index in [4.69, 9.17) is 0 Å². The fraction of sp³-hybridized carbons (Fsp3) is 0.263. The second-order valence-corrected chi connectivity index (χ2v) is 6.98. The Morgan fingerprint density at radius 1 is 0.957 bits per heavy atom. The van der Waals surface area contributed by atoms with Gasteiger partial charge in [0.2, 0.25) is 5.12 Å². The smallest absolute Gasteiger partial charge is 0.219 e. The molecular weight excluding hydrogens is 306 g/mol. The number of hydrogen-bond acceptors (Lipinski definition) is 4. The van der Waals surface area contributed by atoms with Crippen LogP contribution in [0.25, 0.3) is 0 Å². The van der Waals surface area contributed by atoms with Gasteiger partial charge in [-0.3, -0.25) is 14.5 Å². The van der Waals surface area contributed by atoms with Crippen LogP contribution in [-0.4, -0.2) is 40.7 Å². The highest BCUT2D eigenvalue weighted by Gasteiger charge is 2.27. The quantitative estimate of drug-likeness (QED) is 0.788. The molecule has 23 heavy (non-hydrogen) atoms. The van der Waals surface area contributed by atoms with Crippen molar-refractivity contribution in [2.75, 3.05) is 19.6 Å². The van der Waals surface area contributed by atoms with Crippen molar-refractivity contribution in [2.45, 2.75) is 11.7 Å². The fourth-order valence-electron chi connectivity index (χ4n) is 2.75. The zero-order valence-corrected chi connectivity index (χ0v) is 13.7. The summed E-state index contributed by atoms with van der Waals surface area (Å²) in [6, 6.07) is 18.8. The van der Waals surface area contributed by atoms with Gasteiger partial charge in [0.25, 0.3) is 0 Å². The Kier molecular flexibility index (Phi) is 5.26. The summed E-state index contributed by atoms with van der Waals surface area (Å²) >= 11 is 1.40. The van der Waals surface area contributed by atoms with Crippen molar-refractivity contribution in [1.82, 2.24) is 4.90 Å². The molecule has 3 nitrogen and oxygen atoms in total. The first-order chi connectivity index (χ1) is 11.2. The van der Waals surface area contributed by atoms with Crippen molar-refractivity contribution in [2.24, 2.45) is 0 Å². The molecule has 0 bridgehead atoms. The summed E-state index contributed by atoms with van der Waals surface area (Å²) in [5.41, 5.74) is 1.50. The van der Waals surface area contributed by atoms with Crippen LogP contribution < -0.4 is 0 Å². The maximum absolute atomic E-state index is 12.2. The van der Waals surface area contributed by atoms with Crippen molar-refractivity contribution in [3.8, 4) is 0 Å². The Morgan fingerprint density at radius 3 is 2.22 bits per heavy atom. The van der Waals surface area contributed by atoms with E-state index in [1.807, 2.05) is 60.7 Å². The molecule has 0 radical (unpaired) electrons. The Hall–Kier alpha value is -1.91. The van der Waals surface area contributed by atoms with Crippen LogP contribution in [0, 0.1) is 0 Å². The minimum Gasteiger partial charge on any atom is -0.295 e. The molecule has 0 amide bonds. The lowest BCUT2D eigenvalue weighted by molar-refractivity contribution is 0.0945. The van der Waals surface area contributed by atoms with E-state index in [2.05, 4.69) is 4.90 Å². The summed E-state index contributed by atoms with van der Waals surface area (Å²) in [5, 5.41) is 0.387. The molecule has 0 unspecified atom stereocenters. The van der Waals surface area contributed by atoms with E-state index in [-0.39, 0.29) is 16.1 Å². The minimum atomic E-state index is 0.117. The SMILES string of the molecule is O=C(CN1CC[C@@H](SC(=O)c2ccccc2)C1)c1ccccc1. The van der Waals surface area contributed by atoms with Gasteiger partial charge in [-0.15, -0.1) is 0 Å². The molecule has 1 heterocycles. The highest BCUT2D eigenvalue weighted by atomic mass is 32.2. The van der Waals surface area contributed by atoms with Crippen LogP contribution in [0.2, 0.25) is 0 Å². The van der Waals surface area contributed by atoms with Gasteiger partial charge in [0.05, 0.1) is 6.54 Å². The zero-order chi connectivity index (χ0) is 16.1. The molecule has 1 aliphatic rings. The van der Waals surface area contributed by atoms with Gasteiger partial charge in [-0.2, -0.15) is 0 Å². The molecule has 118 valence electrons. The third-order valence-corrected chi connectivity index (χ3v) is 5.14. The summed E-state index contributed by atoms with van der Waals surface area (Å²) in [6.07, 6.45) is 0.950. The first-order valence-electron chi connectivity index (χ1n) is 7.79. The number of rotatable bonds is 5. The van der Waals surface area contributed by atoms with E-state index in [0.717, 1.165) is 30.6 Å². The van der Waals surface area contributed by atoms with Crippen LogP contribution in [0.5, 0.6) is 0 Å². The van der Waals surface area contributed by atoms with Crippen LogP contribution in [0.1, 0.15) is 27.1 Å². The number of benzene rings is 2. The van der Waals surface area contributed by atoms with Crippen molar-refractivity contribution >= 4 is 22.7 Å². The van der Waals surface area contributed by atoms with Gasteiger partial charge in [0.15, 0.2) is 5.78 Å². The topological polar surface area (TPSA) is 37.4 Å². The molecule has 0 aromatic heterocycles. The molecule has 1 fully saturated rings. The van der Waals surface area contributed by atoms with Crippen molar-refractivity contribution in [3.63, 3.8) is 0 Å². The minimum absolute atomic E-state index is 0.117. The standard InChI is InChI=1S/C19H19NO2S/c21-18(15-7-3-1-4-8-15)14-20-12-11-17(13-20)23-19(22)16-9-5-2-6-10-16/h1-10,17H,11-14H2/t17-/m1/s1. The number of hydrogen-bond donors (Lipinski definition) is 0.